The largest absolute Gasteiger partial charge is 0.416 e. The van der Waals surface area contributed by atoms with E-state index in [1.165, 1.54) is 17.8 Å². The van der Waals surface area contributed by atoms with Crippen molar-refractivity contribution in [1.82, 2.24) is 19.4 Å². The van der Waals surface area contributed by atoms with E-state index in [1.54, 1.807) is 6.20 Å². The van der Waals surface area contributed by atoms with Crippen LogP contribution in [-0.4, -0.2) is 26.0 Å². The van der Waals surface area contributed by atoms with Crippen molar-refractivity contribution >= 4 is 0 Å². The summed E-state index contributed by atoms with van der Waals surface area (Å²) in [6.07, 6.45) is 0.298. The first-order valence-electron chi connectivity index (χ1n) is 8.75. The number of halogens is 3. The zero-order valence-corrected chi connectivity index (χ0v) is 14.9. The maximum Gasteiger partial charge on any atom is 0.416 e. The molecular weight excluding hydrogens is 353 g/mol. The van der Waals surface area contributed by atoms with E-state index in [2.05, 4.69) is 25.5 Å². The predicted molar refractivity (Wildman–Crippen MR) is 95.7 cm³/mol. The van der Waals surface area contributed by atoms with Crippen molar-refractivity contribution in [3.05, 3.63) is 71.3 Å². The van der Waals surface area contributed by atoms with Crippen LogP contribution >= 0.6 is 0 Å². The number of hydrogen-bond donors (Lipinski definition) is 0. The molecule has 0 unspecified atom stereocenters. The van der Waals surface area contributed by atoms with E-state index in [0.717, 1.165) is 49.4 Å². The van der Waals surface area contributed by atoms with Crippen LogP contribution in [0, 0.1) is 0 Å². The molecule has 4 nitrogen and oxygen atoms in total. The monoisotopic (exact) mass is 372 g/mol. The number of benzene rings is 1. The molecule has 27 heavy (non-hydrogen) atoms. The molecule has 3 heterocycles. The fourth-order valence-electron chi connectivity index (χ4n) is 3.35. The van der Waals surface area contributed by atoms with E-state index >= 15 is 0 Å². The van der Waals surface area contributed by atoms with Crippen molar-refractivity contribution in [1.29, 1.82) is 0 Å². The maximum atomic E-state index is 12.7. The van der Waals surface area contributed by atoms with E-state index in [1.807, 2.05) is 19.3 Å². The van der Waals surface area contributed by atoms with Gasteiger partial charge in [0.15, 0.2) is 5.82 Å². The molecule has 0 aliphatic carbocycles. The molecule has 0 N–H and O–H groups in total. The van der Waals surface area contributed by atoms with Crippen LogP contribution in [0.2, 0.25) is 0 Å². The van der Waals surface area contributed by atoms with Crippen molar-refractivity contribution in [2.45, 2.75) is 25.7 Å². The summed E-state index contributed by atoms with van der Waals surface area (Å²) in [6, 6.07) is 9.13. The van der Waals surface area contributed by atoms with Gasteiger partial charge >= 0.3 is 6.18 Å². The molecule has 7 heteroatoms. The molecule has 0 saturated carbocycles. The second kappa shape index (κ2) is 6.81. The molecule has 140 valence electrons. The molecule has 1 aliphatic rings. The van der Waals surface area contributed by atoms with Gasteiger partial charge in [-0.25, -0.2) is 9.97 Å². The second-order valence-corrected chi connectivity index (χ2v) is 6.81. The first-order chi connectivity index (χ1) is 12.9. The van der Waals surface area contributed by atoms with E-state index in [4.69, 9.17) is 0 Å². The number of fused-ring (bicyclic) bond motifs is 1. The van der Waals surface area contributed by atoms with Crippen molar-refractivity contribution in [2.24, 2.45) is 7.05 Å². The lowest BCUT2D eigenvalue weighted by atomic mass is 10.1. The highest BCUT2D eigenvalue weighted by Crippen LogP contribution is 2.30. The summed E-state index contributed by atoms with van der Waals surface area (Å²) < 4.78 is 40.2. The number of nitrogens with zero attached hydrogens (tertiary/aromatic N) is 4. The molecule has 0 atom stereocenters. The van der Waals surface area contributed by atoms with Gasteiger partial charge in [0.05, 0.1) is 11.3 Å². The van der Waals surface area contributed by atoms with Gasteiger partial charge in [-0.15, -0.1) is 0 Å². The van der Waals surface area contributed by atoms with Crippen LogP contribution in [0.1, 0.15) is 22.5 Å². The Morgan fingerprint density at radius 1 is 1.11 bits per heavy atom. The molecule has 0 radical (unpaired) electrons. The highest BCUT2D eigenvalue weighted by atomic mass is 19.4. The number of alkyl halides is 3. The van der Waals surface area contributed by atoms with Gasteiger partial charge in [0.2, 0.25) is 0 Å². The molecule has 1 aromatic carbocycles. The molecule has 3 aromatic rings. The van der Waals surface area contributed by atoms with Crippen LogP contribution in [0.4, 0.5) is 13.2 Å². The van der Waals surface area contributed by atoms with Crippen LogP contribution in [0.15, 0.2) is 48.8 Å². The average Bonchev–Trinajstić information content (AvgIpc) is 3.05. The van der Waals surface area contributed by atoms with Crippen LogP contribution in [-0.2, 0) is 32.7 Å². The Morgan fingerprint density at radius 2 is 1.89 bits per heavy atom. The quantitative estimate of drug-likeness (QED) is 0.695. The SMILES string of the molecule is Cn1cccc1CN1CCc2nc(-c3ccc(C(F)(F)F)cc3)ncc2C1. The van der Waals surface area contributed by atoms with Crippen molar-refractivity contribution in [3.63, 3.8) is 0 Å². The number of aryl methyl sites for hydroxylation is 1. The van der Waals surface area contributed by atoms with Crippen LogP contribution in [0.25, 0.3) is 11.4 Å². The lowest BCUT2D eigenvalue weighted by Crippen LogP contribution is -2.31. The minimum atomic E-state index is -4.34. The molecular formula is C20H19F3N4. The summed E-state index contributed by atoms with van der Waals surface area (Å²) in [4.78, 5) is 11.3. The van der Waals surface area contributed by atoms with Crippen LogP contribution in [0.3, 0.4) is 0 Å². The second-order valence-electron chi connectivity index (χ2n) is 6.81. The molecule has 0 spiro atoms. The smallest absolute Gasteiger partial charge is 0.353 e. The van der Waals surface area contributed by atoms with Gasteiger partial charge in [0, 0.05) is 62.3 Å². The zero-order valence-electron chi connectivity index (χ0n) is 14.9. The Bertz CT molecular complexity index is 945. The summed E-state index contributed by atoms with van der Waals surface area (Å²) in [5, 5.41) is 0. The molecule has 1 aliphatic heterocycles. The molecule has 0 amide bonds. The predicted octanol–water partition coefficient (Wildman–Crippen LogP) is 4.06. The summed E-state index contributed by atoms with van der Waals surface area (Å²) in [6.45, 7) is 2.53. The van der Waals surface area contributed by atoms with Crippen molar-refractivity contribution in [3.8, 4) is 11.4 Å². The van der Waals surface area contributed by atoms with Crippen molar-refractivity contribution < 1.29 is 13.2 Å². The highest BCUT2D eigenvalue weighted by molar-refractivity contribution is 5.56. The number of hydrogen-bond acceptors (Lipinski definition) is 3. The fraction of sp³-hybridized carbons (Fsp3) is 0.300. The summed E-state index contributed by atoms with van der Waals surface area (Å²) in [5.74, 6) is 0.471. The Labute approximate surface area is 155 Å². The van der Waals surface area contributed by atoms with E-state index in [0.29, 0.717) is 11.4 Å². The Kier molecular flexibility index (Phi) is 4.47. The van der Waals surface area contributed by atoms with Gasteiger partial charge < -0.3 is 4.57 Å². The van der Waals surface area contributed by atoms with Gasteiger partial charge in [-0.1, -0.05) is 12.1 Å². The van der Waals surface area contributed by atoms with Crippen LogP contribution in [0.5, 0.6) is 0 Å². The van der Waals surface area contributed by atoms with Crippen molar-refractivity contribution in [2.75, 3.05) is 6.54 Å². The first-order valence-corrected chi connectivity index (χ1v) is 8.75. The summed E-state index contributed by atoms with van der Waals surface area (Å²) in [5.41, 5.74) is 3.23. The zero-order chi connectivity index (χ0) is 19.0. The number of rotatable bonds is 3. The molecule has 4 rings (SSSR count). The van der Waals surface area contributed by atoms with Gasteiger partial charge in [-0.2, -0.15) is 13.2 Å². The molecule has 2 aromatic heterocycles. The Balaban J connectivity index is 1.51. The fourth-order valence-corrected chi connectivity index (χ4v) is 3.35. The third kappa shape index (κ3) is 3.73. The highest BCUT2D eigenvalue weighted by Gasteiger charge is 2.30. The van der Waals surface area contributed by atoms with E-state index in [-0.39, 0.29) is 0 Å². The topological polar surface area (TPSA) is 34.0 Å². The van der Waals surface area contributed by atoms with Crippen LogP contribution < -0.4 is 0 Å². The summed E-state index contributed by atoms with van der Waals surface area (Å²) in [7, 11) is 2.03. The maximum absolute atomic E-state index is 12.7. The van der Waals surface area contributed by atoms with Gasteiger partial charge in [0.25, 0.3) is 0 Å². The average molecular weight is 372 g/mol. The minimum absolute atomic E-state index is 0.471. The lowest BCUT2D eigenvalue weighted by molar-refractivity contribution is -0.137. The molecule has 0 bridgehead atoms. The summed E-state index contributed by atoms with van der Waals surface area (Å²) >= 11 is 0. The molecule has 0 saturated heterocycles. The standard InChI is InChI=1S/C20H19F3N4/c1-26-9-2-3-17(26)13-27-10-8-18-15(12-27)11-24-19(25-18)14-4-6-16(7-5-14)20(21,22)23/h2-7,9,11H,8,10,12-13H2,1H3. The Hall–Kier alpha value is -2.67. The van der Waals surface area contributed by atoms with Gasteiger partial charge in [-0.05, 0) is 24.3 Å². The normalized spacial score (nSPS) is 15.0. The lowest BCUT2D eigenvalue weighted by Gasteiger charge is -2.28. The Morgan fingerprint density at radius 3 is 2.56 bits per heavy atom. The van der Waals surface area contributed by atoms with E-state index < -0.39 is 11.7 Å². The number of aromatic nitrogens is 3. The first kappa shape index (κ1) is 17.7. The van der Waals surface area contributed by atoms with Gasteiger partial charge in [-0.3, -0.25) is 4.90 Å². The third-order valence-electron chi connectivity index (χ3n) is 4.92. The third-order valence-corrected chi connectivity index (χ3v) is 4.92. The van der Waals surface area contributed by atoms with Gasteiger partial charge in [0.1, 0.15) is 0 Å². The molecule has 0 fully saturated rings. The minimum Gasteiger partial charge on any atom is -0.353 e. The van der Waals surface area contributed by atoms with E-state index in [9.17, 15) is 13.2 Å².